The number of ether oxygens (including phenoxy) is 1. The molecular formula is C21H18ClFN2O4S. The van der Waals surface area contributed by atoms with Crippen molar-refractivity contribution in [1.29, 1.82) is 0 Å². The minimum absolute atomic E-state index is 0.0399. The Kier molecular flexibility index (Phi) is 6.59. The molecule has 0 heterocycles. The first-order valence-corrected chi connectivity index (χ1v) is 10.6. The van der Waals surface area contributed by atoms with E-state index < -0.39 is 21.7 Å². The summed E-state index contributed by atoms with van der Waals surface area (Å²) >= 11 is 6.09. The van der Waals surface area contributed by atoms with Crippen LogP contribution in [-0.2, 0) is 16.6 Å². The Labute approximate surface area is 178 Å². The van der Waals surface area contributed by atoms with Gasteiger partial charge in [0.25, 0.3) is 15.9 Å². The summed E-state index contributed by atoms with van der Waals surface area (Å²) in [6, 6.07) is 15.8. The quantitative estimate of drug-likeness (QED) is 0.566. The van der Waals surface area contributed by atoms with Gasteiger partial charge in [-0.25, -0.2) is 12.8 Å². The second-order valence-corrected chi connectivity index (χ2v) is 8.37. The molecule has 0 radical (unpaired) electrons. The third kappa shape index (κ3) is 5.28. The van der Waals surface area contributed by atoms with Crippen molar-refractivity contribution >= 4 is 33.2 Å². The van der Waals surface area contributed by atoms with Crippen LogP contribution in [0.4, 0.5) is 10.1 Å². The number of rotatable bonds is 7. The van der Waals surface area contributed by atoms with Crippen LogP contribution in [0.5, 0.6) is 5.75 Å². The van der Waals surface area contributed by atoms with Gasteiger partial charge in [-0.3, -0.25) is 9.52 Å². The third-order valence-electron chi connectivity index (χ3n) is 4.21. The van der Waals surface area contributed by atoms with E-state index in [4.69, 9.17) is 16.3 Å². The Balaban J connectivity index is 1.73. The standard InChI is InChI=1S/C21H18ClFN2O4S/c1-29-17-7-2-14(3-8-17)13-24-21(26)15-4-11-19(22)20(12-15)25-30(27,28)18-9-5-16(23)6-10-18/h2-12,25H,13H2,1H3,(H,24,26). The van der Waals surface area contributed by atoms with Crippen LogP contribution in [0.2, 0.25) is 5.02 Å². The first-order valence-electron chi connectivity index (χ1n) is 8.77. The Morgan fingerprint density at radius 3 is 2.33 bits per heavy atom. The summed E-state index contributed by atoms with van der Waals surface area (Å²) in [5.41, 5.74) is 1.14. The molecule has 0 unspecified atom stereocenters. The topological polar surface area (TPSA) is 84.5 Å². The molecule has 0 spiro atoms. The van der Waals surface area contributed by atoms with Crippen molar-refractivity contribution in [2.45, 2.75) is 11.4 Å². The van der Waals surface area contributed by atoms with Crippen LogP contribution in [-0.4, -0.2) is 21.4 Å². The van der Waals surface area contributed by atoms with Crippen molar-refractivity contribution in [2.75, 3.05) is 11.8 Å². The number of benzene rings is 3. The number of hydrogen-bond donors (Lipinski definition) is 2. The molecule has 156 valence electrons. The zero-order chi connectivity index (χ0) is 21.7. The molecule has 2 N–H and O–H groups in total. The van der Waals surface area contributed by atoms with E-state index in [1.165, 1.54) is 18.2 Å². The minimum Gasteiger partial charge on any atom is -0.497 e. The van der Waals surface area contributed by atoms with E-state index in [9.17, 15) is 17.6 Å². The molecule has 0 aliphatic heterocycles. The highest BCUT2D eigenvalue weighted by Gasteiger charge is 2.17. The van der Waals surface area contributed by atoms with Gasteiger partial charge < -0.3 is 10.1 Å². The molecule has 1 amide bonds. The summed E-state index contributed by atoms with van der Waals surface area (Å²) in [6.07, 6.45) is 0. The zero-order valence-electron chi connectivity index (χ0n) is 15.9. The number of sulfonamides is 1. The molecule has 9 heteroatoms. The van der Waals surface area contributed by atoms with Gasteiger partial charge in [0.1, 0.15) is 11.6 Å². The van der Waals surface area contributed by atoms with Gasteiger partial charge in [-0.1, -0.05) is 23.7 Å². The fourth-order valence-corrected chi connectivity index (χ4v) is 3.88. The van der Waals surface area contributed by atoms with E-state index in [0.717, 1.165) is 29.8 Å². The third-order valence-corrected chi connectivity index (χ3v) is 5.92. The number of carbonyl (C=O) groups is 1. The van der Waals surface area contributed by atoms with Gasteiger partial charge in [0, 0.05) is 12.1 Å². The Hall–Kier alpha value is -3.10. The van der Waals surface area contributed by atoms with Crippen molar-refractivity contribution < 1.29 is 22.3 Å². The van der Waals surface area contributed by atoms with Crippen LogP contribution in [0.3, 0.4) is 0 Å². The highest BCUT2D eigenvalue weighted by Crippen LogP contribution is 2.26. The van der Waals surface area contributed by atoms with Gasteiger partial charge in [0.2, 0.25) is 0 Å². The van der Waals surface area contributed by atoms with E-state index >= 15 is 0 Å². The molecule has 0 fully saturated rings. The van der Waals surface area contributed by atoms with Gasteiger partial charge in [-0.05, 0) is 60.2 Å². The zero-order valence-corrected chi connectivity index (χ0v) is 17.4. The molecule has 3 rings (SSSR count). The summed E-state index contributed by atoms with van der Waals surface area (Å²) in [7, 11) is -2.43. The number of nitrogens with one attached hydrogen (secondary N) is 2. The molecule has 30 heavy (non-hydrogen) atoms. The molecule has 0 atom stereocenters. The maximum Gasteiger partial charge on any atom is 0.261 e. The maximum absolute atomic E-state index is 13.1. The van der Waals surface area contributed by atoms with Gasteiger partial charge in [0.05, 0.1) is 22.7 Å². The van der Waals surface area contributed by atoms with Crippen LogP contribution in [0.25, 0.3) is 0 Å². The maximum atomic E-state index is 13.1. The smallest absolute Gasteiger partial charge is 0.261 e. The largest absolute Gasteiger partial charge is 0.497 e. The van der Waals surface area contributed by atoms with Crippen LogP contribution >= 0.6 is 11.6 Å². The van der Waals surface area contributed by atoms with Gasteiger partial charge >= 0.3 is 0 Å². The lowest BCUT2D eigenvalue weighted by molar-refractivity contribution is 0.0951. The molecule has 0 aromatic heterocycles. The number of hydrogen-bond acceptors (Lipinski definition) is 4. The molecule has 3 aromatic carbocycles. The second-order valence-electron chi connectivity index (χ2n) is 6.28. The average molecular weight is 449 g/mol. The summed E-state index contributed by atoms with van der Waals surface area (Å²) in [4.78, 5) is 12.3. The van der Waals surface area contributed by atoms with E-state index in [2.05, 4.69) is 10.0 Å². The van der Waals surface area contributed by atoms with E-state index in [1.54, 1.807) is 19.2 Å². The SMILES string of the molecule is COc1ccc(CNC(=O)c2ccc(Cl)c(NS(=O)(=O)c3ccc(F)cc3)c2)cc1. The number of anilines is 1. The molecule has 0 aliphatic rings. The van der Waals surface area contributed by atoms with Gasteiger partial charge in [-0.15, -0.1) is 0 Å². The first-order chi connectivity index (χ1) is 14.3. The lowest BCUT2D eigenvalue weighted by atomic mass is 10.1. The fraction of sp³-hybridized carbons (Fsp3) is 0.0952. The highest BCUT2D eigenvalue weighted by molar-refractivity contribution is 7.92. The summed E-state index contributed by atoms with van der Waals surface area (Å²) < 4.78 is 45.5. The molecule has 0 aliphatic carbocycles. The second kappa shape index (κ2) is 9.15. The number of halogens is 2. The molecule has 0 saturated carbocycles. The number of amides is 1. The highest BCUT2D eigenvalue weighted by atomic mass is 35.5. The monoisotopic (exact) mass is 448 g/mol. The van der Waals surface area contributed by atoms with Crippen molar-refractivity contribution in [2.24, 2.45) is 0 Å². The Morgan fingerprint density at radius 1 is 1.03 bits per heavy atom. The van der Waals surface area contributed by atoms with Gasteiger partial charge in [0.15, 0.2) is 0 Å². The van der Waals surface area contributed by atoms with Crippen LogP contribution in [0.15, 0.2) is 71.6 Å². The fourth-order valence-electron chi connectivity index (χ4n) is 2.59. The Morgan fingerprint density at radius 2 is 1.70 bits per heavy atom. The van der Waals surface area contributed by atoms with Crippen molar-refractivity contribution in [3.63, 3.8) is 0 Å². The predicted molar refractivity (Wildman–Crippen MR) is 113 cm³/mol. The predicted octanol–water partition coefficient (Wildman–Crippen LogP) is 4.22. The first kappa shape index (κ1) is 21.6. The van der Waals surface area contributed by atoms with Crippen LogP contribution in [0, 0.1) is 5.82 Å². The Bertz CT molecular complexity index is 1150. The normalized spacial score (nSPS) is 11.0. The van der Waals surface area contributed by atoms with Crippen molar-refractivity contribution in [3.05, 3.63) is 88.7 Å². The molecule has 3 aromatic rings. The van der Waals surface area contributed by atoms with E-state index in [0.29, 0.717) is 5.75 Å². The van der Waals surface area contributed by atoms with Gasteiger partial charge in [-0.2, -0.15) is 0 Å². The average Bonchev–Trinajstić information content (AvgIpc) is 2.74. The number of methoxy groups -OCH3 is 1. The summed E-state index contributed by atoms with van der Waals surface area (Å²) in [5, 5.41) is 2.88. The number of carbonyl (C=O) groups excluding carboxylic acids is 1. The summed E-state index contributed by atoms with van der Waals surface area (Å²) in [6.45, 7) is 0.280. The molecular weight excluding hydrogens is 431 g/mol. The van der Waals surface area contributed by atoms with Crippen molar-refractivity contribution in [3.8, 4) is 5.75 Å². The van der Waals surface area contributed by atoms with Crippen LogP contribution in [0.1, 0.15) is 15.9 Å². The van der Waals surface area contributed by atoms with Crippen molar-refractivity contribution in [1.82, 2.24) is 5.32 Å². The van der Waals surface area contributed by atoms with Crippen LogP contribution < -0.4 is 14.8 Å². The lowest BCUT2D eigenvalue weighted by Gasteiger charge is -2.12. The lowest BCUT2D eigenvalue weighted by Crippen LogP contribution is -2.23. The molecule has 0 bridgehead atoms. The molecule has 6 nitrogen and oxygen atoms in total. The minimum atomic E-state index is -4.00. The molecule has 0 saturated heterocycles. The summed E-state index contributed by atoms with van der Waals surface area (Å²) in [5.74, 6) is -0.243. The van der Waals surface area contributed by atoms with E-state index in [-0.39, 0.29) is 27.7 Å². The van der Waals surface area contributed by atoms with E-state index in [1.807, 2.05) is 12.1 Å².